The van der Waals surface area contributed by atoms with E-state index >= 15 is 0 Å². The molecule has 1 heterocycles. The fourth-order valence-corrected chi connectivity index (χ4v) is 5.29. The first-order chi connectivity index (χ1) is 18.1. The third-order valence-electron chi connectivity index (χ3n) is 7.05. The van der Waals surface area contributed by atoms with Gasteiger partial charge < -0.3 is 24.5 Å². The van der Waals surface area contributed by atoms with E-state index < -0.39 is 11.7 Å². The Morgan fingerprint density at radius 3 is 2.32 bits per heavy atom. The van der Waals surface area contributed by atoms with Gasteiger partial charge in [-0.3, -0.25) is 4.79 Å². The number of carbonyl (C=O) groups excluding carboxylic acids is 1. The van der Waals surface area contributed by atoms with E-state index in [1.807, 2.05) is 45.0 Å². The van der Waals surface area contributed by atoms with Crippen molar-refractivity contribution in [3.8, 4) is 22.6 Å². The van der Waals surface area contributed by atoms with Crippen molar-refractivity contribution < 1.29 is 19.0 Å². The summed E-state index contributed by atoms with van der Waals surface area (Å²) in [5.74, 6) is 1.08. The molecule has 0 saturated heterocycles. The number of methoxy groups -OCH3 is 2. The predicted molar refractivity (Wildman–Crippen MR) is 151 cm³/mol. The van der Waals surface area contributed by atoms with Gasteiger partial charge in [0.15, 0.2) is 0 Å². The van der Waals surface area contributed by atoms with Gasteiger partial charge in [0.25, 0.3) is 5.56 Å². The molecule has 4 aromatic rings. The number of hydrogen-bond donors (Lipinski definition) is 2. The third kappa shape index (κ3) is 4.67. The van der Waals surface area contributed by atoms with E-state index in [2.05, 4.69) is 22.4 Å². The van der Waals surface area contributed by atoms with Crippen molar-refractivity contribution >= 4 is 39.4 Å². The number of ether oxygens (including phenoxy) is 3. The molecule has 3 aromatic carbocycles. The number of aromatic amines is 1. The SMILES string of the molecule is COc1cc(Cl)c2[nH]c(=O)c3c(OC)cccc3c2c1-c1ccc(C2(CNC(=O)OC(C)(C)C)CC2)cc1. The van der Waals surface area contributed by atoms with Crippen LogP contribution in [0.2, 0.25) is 5.02 Å². The Labute approximate surface area is 226 Å². The lowest BCUT2D eigenvalue weighted by molar-refractivity contribution is 0.0522. The highest BCUT2D eigenvalue weighted by atomic mass is 35.5. The maximum Gasteiger partial charge on any atom is 0.407 e. The second-order valence-corrected chi connectivity index (χ2v) is 11.1. The number of rotatable bonds is 6. The lowest BCUT2D eigenvalue weighted by Gasteiger charge is -2.22. The first-order valence-electron chi connectivity index (χ1n) is 12.5. The molecule has 1 fully saturated rings. The monoisotopic (exact) mass is 534 g/mol. The van der Waals surface area contributed by atoms with E-state index in [0.29, 0.717) is 34.0 Å². The summed E-state index contributed by atoms with van der Waals surface area (Å²) in [5, 5.41) is 5.28. The summed E-state index contributed by atoms with van der Waals surface area (Å²) < 4.78 is 16.7. The van der Waals surface area contributed by atoms with Crippen LogP contribution in [0.15, 0.2) is 53.3 Å². The Bertz CT molecular complexity index is 1600. The van der Waals surface area contributed by atoms with Gasteiger partial charge in [-0.1, -0.05) is 48.0 Å². The van der Waals surface area contributed by atoms with Crippen molar-refractivity contribution in [2.75, 3.05) is 20.8 Å². The van der Waals surface area contributed by atoms with Gasteiger partial charge in [-0.15, -0.1) is 0 Å². The van der Waals surface area contributed by atoms with Crippen LogP contribution in [-0.2, 0) is 10.2 Å². The molecule has 8 heteroatoms. The number of carbonyl (C=O) groups is 1. The van der Waals surface area contributed by atoms with Gasteiger partial charge in [0.1, 0.15) is 17.1 Å². The van der Waals surface area contributed by atoms with E-state index in [1.165, 1.54) is 0 Å². The lowest BCUT2D eigenvalue weighted by Crippen LogP contribution is -2.37. The van der Waals surface area contributed by atoms with Crippen molar-refractivity contribution in [1.82, 2.24) is 10.3 Å². The normalized spacial score (nSPS) is 14.4. The Hall–Kier alpha value is -3.71. The van der Waals surface area contributed by atoms with Crippen LogP contribution in [-0.4, -0.2) is 37.4 Å². The zero-order valence-corrected chi connectivity index (χ0v) is 22.9. The molecule has 2 N–H and O–H groups in total. The smallest absolute Gasteiger partial charge is 0.407 e. The number of nitrogens with one attached hydrogen (secondary N) is 2. The minimum atomic E-state index is -0.540. The van der Waals surface area contributed by atoms with E-state index in [9.17, 15) is 9.59 Å². The summed E-state index contributed by atoms with van der Waals surface area (Å²) in [4.78, 5) is 28.2. The molecule has 1 aromatic heterocycles. The lowest BCUT2D eigenvalue weighted by atomic mass is 9.91. The average Bonchev–Trinajstić information content (AvgIpc) is 3.68. The molecule has 1 saturated carbocycles. The standard InChI is InChI=1S/C30H31ClN2O5/c1-29(2,3)38-28(35)32-16-30(13-14-30)18-11-9-17(10-12-18)23-22(37-5)15-20(31)26-25(23)19-7-6-8-21(36-4)24(19)27(34)33-26/h6-12,15H,13-14,16H2,1-5H3,(H,32,35)(H,33,34). The van der Waals surface area contributed by atoms with Gasteiger partial charge in [-0.05, 0) is 50.8 Å². The molecule has 0 atom stereocenters. The molecule has 0 unspecified atom stereocenters. The van der Waals surface area contributed by atoms with Gasteiger partial charge in [-0.25, -0.2) is 4.79 Å². The molecule has 0 bridgehead atoms. The van der Waals surface area contributed by atoms with Crippen molar-refractivity contribution in [3.05, 3.63) is 69.5 Å². The van der Waals surface area contributed by atoms with Gasteiger partial charge >= 0.3 is 6.09 Å². The van der Waals surface area contributed by atoms with E-state index in [4.69, 9.17) is 25.8 Å². The Balaban J connectivity index is 1.58. The summed E-state index contributed by atoms with van der Waals surface area (Å²) in [6.45, 7) is 6.06. The largest absolute Gasteiger partial charge is 0.496 e. The van der Waals surface area contributed by atoms with Crippen molar-refractivity contribution in [2.45, 2.75) is 44.6 Å². The maximum atomic E-state index is 13.0. The zero-order chi connectivity index (χ0) is 27.2. The highest BCUT2D eigenvalue weighted by Gasteiger charge is 2.44. The van der Waals surface area contributed by atoms with Gasteiger partial charge in [0, 0.05) is 34.4 Å². The zero-order valence-electron chi connectivity index (χ0n) is 22.2. The third-order valence-corrected chi connectivity index (χ3v) is 7.35. The number of benzene rings is 3. The van der Waals surface area contributed by atoms with Gasteiger partial charge in [0.2, 0.25) is 0 Å². The van der Waals surface area contributed by atoms with Crippen LogP contribution in [0.4, 0.5) is 4.79 Å². The van der Waals surface area contributed by atoms with Crippen LogP contribution in [0.1, 0.15) is 39.2 Å². The van der Waals surface area contributed by atoms with E-state index in [0.717, 1.165) is 40.3 Å². The second kappa shape index (κ2) is 9.55. The first kappa shape index (κ1) is 25.9. The minimum Gasteiger partial charge on any atom is -0.496 e. The minimum absolute atomic E-state index is 0.104. The molecule has 0 spiro atoms. The number of aromatic nitrogens is 1. The van der Waals surface area contributed by atoms with Crippen LogP contribution in [0, 0.1) is 0 Å². The Morgan fingerprint density at radius 1 is 1.03 bits per heavy atom. The molecule has 7 nitrogen and oxygen atoms in total. The van der Waals surface area contributed by atoms with Crippen molar-refractivity contribution in [1.29, 1.82) is 0 Å². The average molecular weight is 535 g/mol. The maximum absolute atomic E-state index is 13.0. The second-order valence-electron chi connectivity index (χ2n) is 10.7. The van der Waals surface area contributed by atoms with Crippen molar-refractivity contribution in [2.24, 2.45) is 0 Å². The topological polar surface area (TPSA) is 89.7 Å². The summed E-state index contributed by atoms with van der Waals surface area (Å²) in [7, 11) is 3.15. The molecule has 5 rings (SSSR count). The molecule has 1 amide bonds. The summed E-state index contributed by atoms with van der Waals surface area (Å²) in [6, 6.07) is 15.5. The number of fused-ring (bicyclic) bond motifs is 3. The van der Waals surface area contributed by atoms with Gasteiger partial charge in [0.05, 0.1) is 30.1 Å². The molecule has 1 aliphatic rings. The Kier molecular flexibility index (Phi) is 6.51. The fraction of sp³-hybridized carbons (Fsp3) is 0.333. The molecular weight excluding hydrogens is 504 g/mol. The van der Waals surface area contributed by atoms with Crippen molar-refractivity contribution in [3.63, 3.8) is 0 Å². The van der Waals surface area contributed by atoms with Crippen LogP contribution in [0.3, 0.4) is 0 Å². The van der Waals surface area contributed by atoms with Crippen LogP contribution < -0.4 is 20.3 Å². The molecular formula is C30H31ClN2O5. The summed E-state index contributed by atoms with van der Waals surface area (Å²) >= 11 is 6.61. The van der Waals surface area contributed by atoms with E-state index in [-0.39, 0.29) is 11.0 Å². The molecule has 38 heavy (non-hydrogen) atoms. The number of pyridine rings is 1. The van der Waals surface area contributed by atoms with Crippen LogP contribution in [0.5, 0.6) is 11.5 Å². The molecule has 0 aliphatic heterocycles. The number of hydrogen-bond acceptors (Lipinski definition) is 5. The Morgan fingerprint density at radius 2 is 1.71 bits per heavy atom. The number of alkyl carbamates (subject to hydrolysis) is 1. The van der Waals surface area contributed by atoms with Crippen LogP contribution >= 0.6 is 11.6 Å². The number of amides is 1. The highest BCUT2D eigenvalue weighted by Crippen LogP contribution is 2.49. The van der Waals surface area contributed by atoms with E-state index in [1.54, 1.807) is 26.4 Å². The summed E-state index contributed by atoms with van der Waals surface area (Å²) in [6.07, 6.45) is 1.57. The molecule has 198 valence electrons. The molecule has 1 aliphatic carbocycles. The number of H-pyrrole nitrogens is 1. The first-order valence-corrected chi connectivity index (χ1v) is 12.9. The fourth-order valence-electron chi connectivity index (χ4n) is 5.05. The number of halogens is 1. The summed E-state index contributed by atoms with van der Waals surface area (Å²) in [5.41, 5.74) is 2.51. The highest BCUT2D eigenvalue weighted by molar-refractivity contribution is 6.37. The predicted octanol–water partition coefficient (Wildman–Crippen LogP) is 6.58. The van der Waals surface area contributed by atoms with Crippen LogP contribution in [0.25, 0.3) is 32.8 Å². The molecule has 0 radical (unpaired) electrons. The quantitative estimate of drug-likeness (QED) is 0.273. The van der Waals surface area contributed by atoms with Gasteiger partial charge in [-0.2, -0.15) is 0 Å².